The second kappa shape index (κ2) is 11.0. The highest BCUT2D eigenvalue weighted by molar-refractivity contribution is 5.96. The minimum Gasteiger partial charge on any atom is -0.467 e. The molecule has 0 fully saturated rings. The molecule has 7 rings (SSSR count). The number of fused-ring (bicyclic) bond motifs is 16. The van der Waals surface area contributed by atoms with E-state index in [1.807, 2.05) is 0 Å². The Labute approximate surface area is 253 Å². The van der Waals surface area contributed by atoms with Gasteiger partial charge in [0.15, 0.2) is 34.2 Å². The average molecular weight is 632 g/mol. The maximum absolute atomic E-state index is 13.0. The number of oxazole rings is 6. The second-order valence-electron chi connectivity index (χ2n) is 9.15. The molecule has 20 nitrogen and oxygen atoms in total. The van der Waals surface area contributed by atoms with Crippen molar-refractivity contribution >= 4 is 23.8 Å². The van der Waals surface area contributed by atoms with Gasteiger partial charge in [0.2, 0.25) is 47.4 Å². The fourth-order valence-corrected chi connectivity index (χ4v) is 4.10. The summed E-state index contributed by atoms with van der Waals surface area (Å²) in [5.74, 6) is -4.48. The van der Waals surface area contributed by atoms with E-state index >= 15 is 0 Å². The van der Waals surface area contributed by atoms with Gasteiger partial charge in [0.1, 0.15) is 37.6 Å². The highest BCUT2D eigenvalue weighted by Crippen LogP contribution is 2.28. The van der Waals surface area contributed by atoms with Gasteiger partial charge in [-0.2, -0.15) is 0 Å². The first-order chi connectivity index (χ1) is 22.3. The zero-order valence-corrected chi connectivity index (χ0v) is 23.2. The minimum absolute atomic E-state index is 0.0279. The van der Waals surface area contributed by atoms with Crippen LogP contribution >= 0.6 is 0 Å². The molecule has 2 amide bonds. The van der Waals surface area contributed by atoms with E-state index in [1.54, 1.807) is 0 Å². The summed E-state index contributed by atoms with van der Waals surface area (Å²) in [5, 5.41) is 4.84. The number of carbonyl (C=O) groups excluding carboxylic acids is 4. The molecule has 6 aromatic heterocycles. The van der Waals surface area contributed by atoms with Crippen LogP contribution in [-0.4, -0.2) is 67.9 Å². The number of methoxy groups -OCH3 is 2. The van der Waals surface area contributed by atoms with Crippen LogP contribution in [0.25, 0.3) is 46.3 Å². The maximum Gasteiger partial charge on any atom is 0.338 e. The lowest BCUT2D eigenvalue weighted by molar-refractivity contribution is -0.144. The summed E-state index contributed by atoms with van der Waals surface area (Å²) in [6.45, 7) is 0. The number of nitrogens with zero attached hydrogens (tertiary/aromatic N) is 6. The van der Waals surface area contributed by atoms with Crippen LogP contribution in [0.3, 0.4) is 0 Å². The minimum atomic E-state index is -1.51. The molecule has 232 valence electrons. The van der Waals surface area contributed by atoms with Gasteiger partial charge in [0, 0.05) is 0 Å². The summed E-state index contributed by atoms with van der Waals surface area (Å²) >= 11 is 0. The van der Waals surface area contributed by atoms with Crippen molar-refractivity contribution in [1.29, 1.82) is 0 Å². The Bertz CT molecular complexity index is 1960. The van der Waals surface area contributed by atoms with E-state index in [4.69, 9.17) is 36.0 Å². The predicted octanol–water partition coefficient (Wildman–Crippen LogP) is 1.88. The van der Waals surface area contributed by atoms with E-state index in [1.165, 1.54) is 12.5 Å². The van der Waals surface area contributed by atoms with Crippen molar-refractivity contribution in [3.8, 4) is 46.3 Å². The molecule has 2 atom stereocenters. The van der Waals surface area contributed by atoms with E-state index in [0.717, 1.165) is 39.3 Å². The molecule has 12 bridgehead atoms. The van der Waals surface area contributed by atoms with Crippen LogP contribution < -0.4 is 10.6 Å². The highest BCUT2D eigenvalue weighted by Gasteiger charge is 2.33. The molecule has 0 aliphatic carbocycles. The first-order valence-electron chi connectivity index (χ1n) is 12.8. The monoisotopic (exact) mass is 632 g/mol. The maximum atomic E-state index is 13.0. The first-order valence-corrected chi connectivity index (χ1v) is 12.8. The normalized spacial score (nSPS) is 16.2. The van der Waals surface area contributed by atoms with Crippen molar-refractivity contribution in [2.45, 2.75) is 12.1 Å². The number of nitrogens with one attached hydrogen (secondary N) is 2. The first kappa shape index (κ1) is 27.9. The number of ether oxygens (including phenoxy) is 2. The molecule has 6 aromatic rings. The molecule has 7 heterocycles. The predicted molar refractivity (Wildman–Crippen MR) is 139 cm³/mol. The van der Waals surface area contributed by atoms with Gasteiger partial charge in [0.25, 0.3) is 11.8 Å². The van der Waals surface area contributed by atoms with Crippen molar-refractivity contribution in [2.24, 2.45) is 0 Å². The van der Waals surface area contributed by atoms with Crippen LogP contribution in [0.15, 0.2) is 64.1 Å². The molecular weight excluding hydrogens is 616 g/mol. The van der Waals surface area contributed by atoms with E-state index in [0.29, 0.717) is 0 Å². The molecule has 2 N–H and O–H groups in total. The van der Waals surface area contributed by atoms with E-state index < -0.39 is 35.8 Å². The molecule has 0 saturated heterocycles. The Morgan fingerprint density at radius 3 is 1.20 bits per heavy atom. The lowest BCUT2D eigenvalue weighted by Gasteiger charge is -2.12. The number of amides is 2. The quantitative estimate of drug-likeness (QED) is 0.258. The lowest BCUT2D eigenvalue weighted by Crippen LogP contribution is -2.35. The zero-order valence-electron chi connectivity index (χ0n) is 23.2. The van der Waals surface area contributed by atoms with Crippen LogP contribution in [0, 0.1) is 0 Å². The van der Waals surface area contributed by atoms with Crippen molar-refractivity contribution < 1.29 is 55.2 Å². The fraction of sp³-hybridized carbons (Fsp3) is 0.154. The van der Waals surface area contributed by atoms with Gasteiger partial charge in [-0.1, -0.05) is 0 Å². The van der Waals surface area contributed by atoms with Gasteiger partial charge in [-0.3, -0.25) is 9.59 Å². The smallest absolute Gasteiger partial charge is 0.338 e. The van der Waals surface area contributed by atoms with Crippen molar-refractivity contribution in [3.63, 3.8) is 0 Å². The standard InChI is InChI=1S/C26H16N8O12/c1-39-25(37)15-23-31-13(7-45-23)21-29-12(5-43-21)20-28-10(4-42-20)18(36)34-16(26(38)40-2)24-32-14(8-46-24)22-30-11(6-44-22)19-27-9(3-41-19)17(35)33-15/h3-8,15-16H,1-2H3,(H,33,35)(H,34,36). The van der Waals surface area contributed by atoms with E-state index in [-0.39, 0.29) is 69.5 Å². The number of hydrogen-bond donors (Lipinski definition) is 2. The number of hydrogen-bond acceptors (Lipinski definition) is 18. The fourth-order valence-electron chi connectivity index (χ4n) is 4.10. The molecule has 0 spiro atoms. The van der Waals surface area contributed by atoms with Gasteiger partial charge < -0.3 is 46.6 Å². The number of rotatable bonds is 2. The zero-order chi connectivity index (χ0) is 31.9. The van der Waals surface area contributed by atoms with E-state index in [9.17, 15) is 19.2 Å². The largest absolute Gasteiger partial charge is 0.467 e. The molecule has 0 radical (unpaired) electrons. The summed E-state index contributed by atoms with van der Waals surface area (Å²) in [7, 11) is 2.22. The Kier molecular flexibility index (Phi) is 6.69. The van der Waals surface area contributed by atoms with E-state index in [2.05, 4.69) is 40.5 Å². The Hall–Kier alpha value is -6.86. The molecular formula is C26H16N8O12. The topological polar surface area (TPSA) is 267 Å². The highest BCUT2D eigenvalue weighted by atomic mass is 16.5. The van der Waals surface area contributed by atoms with Crippen LogP contribution in [0.1, 0.15) is 44.8 Å². The summed E-state index contributed by atoms with van der Waals surface area (Å²) < 4.78 is 42.1. The molecule has 1 aliphatic rings. The molecule has 0 aromatic carbocycles. The Morgan fingerprint density at radius 2 is 0.826 bits per heavy atom. The van der Waals surface area contributed by atoms with Crippen LogP contribution in [0.5, 0.6) is 0 Å². The number of esters is 2. The van der Waals surface area contributed by atoms with Gasteiger partial charge in [-0.05, 0) is 0 Å². The molecule has 0 saturated carbocycles. The number of carbonyl (C=O) groups is 4. The third-order valence-corrected chi connectivity index (χ3v) is 6.32. The van der Waals surface area contributed by atoms with Crippen molar-refractivity contribution in [2.75, 3.05) is 14.2 Å². The van der Waals surface area contributed by atoms with Crippen LogP contribution in [-0.2, 0) is 19.1 Å². The molecule has 2 unspecified atom stereocenters. The second-order valence-corrected chi connectivity index (χ2v) is 9.15. The molecule has 1 aliphatic heterocycles. The van der Waals surface area contributed by atoms with Crippen LogP contribution in [0.2, 0.25) is 0 Å². The van der Waals surface area contributed by atoms with Gasteiger partial charge >= 0.3 is 11.9 Å². The average Bonchev–Trinajstić information content (AvgIpc) is 3.89. The molecule has 20 heteroatoms. The summed E-state index contributed by atoms with van der Waals surface area (Å²) in [5.41, 5.74) is -0.310. The Balaban J connectivity index is 1.29. The van der Waals surface area contributed by atoms with Crippen LogP contribution in [0.4, 0.5) is 0 Å². The summed E-state index contributed by atoms with van der Waals surface area (Å²) in [4.78, 5) is 76.3. The number of aromatic nitrogens is 6. The van der Waals surface area contributed by atoms with Gasteiger partial charge in [-0.25, -0.2) is 39.5 Å². The molecule has 46 heavy (non-hydrogen) atoms. The lowest BCUT2D eigenvalue weighted by atomic mass is 10.2. The third-order valence-electron chi connectivity index (χ3n) is 6.32. The summed E-state index contributed by atoms with van der Waals surface area (Å²) in [6, 6.07) is -3.01. The SMILES string of the molecule is COC(=O)C1NC(=O)c2coc(n2)-c2coc(n2)-c2coc(n2)C(C(=O)OC)NC(=O)c2coc(n2)-c2coc(n2)-c2coc1n2. The van der Waals surface area contributed by atoms with Crippen molar-refractivity contribution in [3.05, 3.63) is 60.7 Å². The Morgan fingerprint density at radius 1 is 0.522 bits per heavy atom. The third kappa shape index (κ3) is 4.94. The summed E-state index contributed by atoms with van der Waals surface area (Å²) in [6.07, 6.45) is 6.63. The van der Waals surface area contributed by atoms with Gasteiger partial charge in [0.05, 0.1) is 14.2 Å². The van der Waals surface area contributed by atoms with Gasteiger partial charge in [-0.15, -0.1) is 0 Å². The van der Waals surface area contributed by atoms with Crippen molar-refractivity contribution in [1.82, 2.24) is 40.5 Å².